The van der Waals surface area contributed by atoms with Crippen molar-refractivity contribution in [1.82, 2.24) is 4.98 Å². The normalized spacial score (nSPS) is 9.32. The molecule has 22 heavy (non-hydrogen) atoms. The molecule has 0 spiro atoms. The maximum atomic E-state index is 6.24. The predicted octanol–water partition coefficient (Wildman–Crippen LogP) is 6.53. The van der Waals surface area contributed by atoms with Gasteiger partial charge in [-0.2, -0.15) is 0 Å². The minimum atomic E-state index is 0.595. The lowest BCUT2D eigenvalue weighted by molar-refractivity contribution is 1.17. The van der Waals surface area contributed by atoms with E-state index in [1.807, 2.05) is 64.1 Å². The van der Waals surface area contributed by atoms with Crippen LogP contribution in [0.15, 0.2) is 60.7 Å². The number of rotatable bonds is 2. The molecule has 3 aromatic rings. The standard InChI is InChI=1S/C16H12ClN.2C2H6/c17-16-14(10-12-6-2-1-3-7-12)11-13-8-4-5-9-15(13)18-16;2*1-2/h1-9,11H,10H2;2*1-2H3. The molecule has 0 radical (unpaired) electrons. The van der Waals surface area contributed by atoms with E-state index >= 15 is 0 Å². The summed E-state index contributed by atoms with van der Waals surface area (Å²) in [4.78, 5) is 4.44. The molecule has 3 rings (SSSR count). The van der Waals surface area contributed by atoms with Crippen LogP contribution in [0.1, 0.15) is 38.8 Å². The highest BCUT2D eigenvalue weighted by Crippen LogP contribution is 2.22. The Morgan fingerprint density at radius 1 is 0.818 bits per heavy atom. The van der Waals surface area contributed by atoms with Crippen LogP contribution in [0.5, 0.6) is 0 Å². The minimum Gasteiger partial charge on any atom is -0.236 e. The van der Waals surface area contributed by atoms with Crippen molar-refractivity contribution in [1.29, 1.82) is 0 Å². The van der Waals surface area contributed by atoms with E-state index in [1.54, 1.807) is 0 Å². The third-order valence-corrected chi connectivity index (χ3v) is 3.31. The fraction of sp³-hybridized carbons (Fsp3) is 0.250. The molecule has 2 aromatic carbocycles. The van der Waals surface area contributed by atoms with Gasteiger partial charge in [-0.3, -0.25) is 0 Å². The van der Waals surface area contributed by atoms with Crippen molar-refractivity contribution in [3.05, 3.63) is 76.9 Å². The Kier molecular flexibility index (Phi) is 8.24. The number of benzene rings is 2. The van der Waals surface area contributed by atoms with Crippen molar-refractivity contribution >= 4 is 22.5 Å². The summed E-state index contributed by atoms with van der Waals surface area (Å²) in [6.07, 6.45) is 0.817. The van der Waals surface area contributed by atoms with Crippen LogP contribution in [0.2, 0.25) is 5.15 Å². The molecule has 1 aromatic heterocycles. The Bertz CT molecular complexity index is 678. The number of nitrogens with zero attached hydrogens (tertiary/aromatic N) is 1. The number of para-hydroxylation sites is 1. The largest absolute Gasteiger partial charge is 0.236 e. The van der Waals surface area contributed by atoms with E-state index in [0.717, 1.165) is 22.9 Å². The summed E-state index contributed by atoms with van der Waals surface area (Å²) < 4.78 is 0. The van der Waals surface area contributed by atoms with Crippen LogP contribution in [-0.2, 0) is 6.42 Å². The van der Waals surface area contributed by atoms with Crippen molar-refractivity contribution in [3.63, 3.8) is 0 Å². The number of hydrogen-bond donors (Lipinski definition) is 0. The molecule has 0 saturated carbocycles. The highest BCUT2D eigenvalue weighted by atomic mass is 35.5. The van der Waals surface area contributed by atoms with Gasteiger partial charge in [-0.25, -0.2) is 4.98 Å². The molecule has 0 unspecified atom stereocenters. The van der Waals surface area contributed by atoms with Gasteiger partial charge in [-0.05, 0) is 23.3 Å². The molecule has 0 atom stereocenters. The zero-order valence-electron chi connectivity index (χ0n) is 13.8. The summed E-state index contributed by atoms with van der Waals surface area (Å²) in [6.45, 7) is 8.00. The van der Waals surface area contributed by atoms with E-state index in [2.05, 4.69) is 29.2 Å². The lowest BCUT2D eigenvalue weighted by atomic mass is 10.0. The summed E-state index contributed by atoms with van der Waals surface area (Å²) in [5.74, 6) is 0. The lowest BCUT2D eigenvalue weighted by Crippen LogP contribution is -1.92. The Hall–Kier alpha value is -1.86. The summed E-state index contributed by atoms with van der Waals surface area (Å²) in [5.41, 5.74) is 3.26. The highest BCUT2D eigenvalue weighted by molar-refractivity contribution is 6.30. The molecule has 0 N–H and O–H groups in total. The first-order valence-corrected chi connectivity index (χ1v) is 8.29. The van der Waals surface area contributed by atoms with Gasteiger partial charge in [0.2, 0.25) is 0 Å². The van der Waals surface area contributed by atoms with Crippen LogP contribution in [0.25, 0.3) is 10.9 Å². The molecule has 1 nitrogen and oxygen atoms in total. The summed E-state index contributed by atoms with van der Waals surface area (Å²) >= 11 is 6.24. The van der Waals surface area contributed by atoms with Gasteiger partial charge in [-0.15, -0.1) is 0 Å². The second kappa shape index (κ2) is 9.97. The van der Waals surface area contributed by atoms with Crippen LogP contribution in [0.3, 0.4) is 0 Å². The molecule has 116 valence electrons. The number of hydrogen-bond acceptors (Lipinski definition) is 1. The van der Waals surface area contributed by atoms with E-state index in [4.69, 9.17) is 11.6 Å². The first-order valence-electron chi connectivity index (χ1n) is 7.91. The first kappa shape index (κ1) is 18.2. The van der Waals surface area contributed by atoms with Gasteiger partial charge >= 0.3 is 0 Å². The summed E-state index contributed by atoms with van der Waals surface area (Å²) in [7, 11) is 0. The van der Waals surface area contributed by atoms with E-state index in [0.29, 0.717) is 5.15 Å². The molecule has 1 heterocycles. The second-order valence-corrected chi connectivity index (χ2v) is 4.65. The van der Waals surface area contributed by atoms with E-state index in [1.165, 1.54) is 5.56 Å². The Labute approximate surface area is 139 Å². The number of halogens is 1. The third kappa shape index (κ3) is 4.85. The fourth-order valence-electron chi connectivity index (χ4n) is 2.08. The van der Waals surface area contributed by atoms with Crippen LogP contribution in [0, 0.1) is 0 Å². The van der Waals surface area contributed by atoms with E-state index < -0.39 is 0 Å². The molecule has 0 fully saturated rings. The quantitative estimate of drug-likeness (QED) is 0.490. The van der Waals surface area contributed by atoms with Gasteiger partial charge in [0, 0.05) is 11.8 Å². The third-order valence-electron chi connectivity index (χ3n) is 2.99. The molecule has 0 aliphatic carbocycles. The maximum Gasteiger partial charge on any atom is 0.133 e. The molecule has 0 amide bonds. The van der Waals surface area contributed by atoms with Gasteiger partial charge < -0.3 is 0 Å². The zero-order valence-corrected chi connectivity index (χ0v) is 14.6. The molecular formula is C20H24ClN. The molecule has 0 aliphatic heterocycles. The monoisotopic (exact) mass is 313 g/mol. The van der Waals surface area contributed by atoms with Crippen molar-refractivity contribution in [3.8, 4) is 0 Å². The van der Waals surface area contributed by atoms with Crippen LogP contribution < -0.4 is 0 Å². The van der Waals surface area contributed by atoms with Gasteiger partial charge in [0.15, 0.2) is 0 Å². The zero-order chi connectivity index (χ0) is 16.4. The van der Waals surface area contributed by atoms with Crippen molar-refractivity contribution < 1.29 is 0 Å². The van der Waals surface area contributed by atoms with Crippen molar-refractivity contribution in [2.75, 3.05) is 0 Å². The Balaban J connectivity index is 0.000000561. The summed E-state index contributed by atoms with van der Waals surface area (Å²) in [6, 6.07) is 20.5. The fourth-order valence-corrected chi connectivity index (χ4v) is 2.29. The average molecular weight is 314 g/mol. The smallest absolute Gasteiger partial charge is 0.133 e. The first-order chi connectivity index (χ1) is 10.8. The second-order valence-electron chi connectivity index (χ2n) is 4.29. The van der Waals surface area contributed by atoms with E-state index in [9.17, 15) is 0 Å². The molecule has 2 heteroatoms. The van der Waals surface area contributed by atoms with Gasteiger partial charge in [-0.1, -0.05) is 87.8 Å². The van der Waals surface area contributed by atoms with Crippen LogP contribution >= 0.6 is 11.6 Å². The van der Waals surface area contributed by atoms with Gasteiger partial charge in [0.05, 0.1) is 5.52 Å². The SMILES string of the molecule is CC.CC.Clc1nc2ccccc2cc1Cc1ccccc1. The molecular weight excluding hydrogens is 290 g/mol. The van der Waals surface area contributed by atoms with Crippen molar-refractivity contribution in [2.24, 2.45) is 0 Å². The molecule has 0 saturated heterocycles. The predicted molar refractivity (Wildman–Crippen MR) is 98.7 cm³/mol. The summed E-state index contributed by atoms with van der Waals surface area (Å²) in [5, 5.41) is 1.73. The van der Waals surface area contributed by atoms with Crippen LogP contribution in [-0.4, -0.2) is 4.98 Å². The maximum absolute atomic E-state index is 6.24. The van der Waals surface area contributed by atoms with Crippen LogP contribution in [0.4, 0.5) is 0 Å². The Morgan fingerprint density at radius 2 is 1.41 bits per heavy atom. The topological polar surface area (TPSA) is 12.9 Å². The number of pyridine rings is 1. The molecule has 0 bridgehead atoms. The molecule has 0 aliphatic rings. The highest BCUT2D eigenvalue weighted by Gasteiger charge is 2.05. The lowest BCUT2D eigenvalue weighted by Gasteiger charge is -2.06. The number of aromatic nitrogens is 1. The number of fused-ring (bicyclic) bond motifs is 1. The van der Waals surface area contributed by atoms with E-state index in [-0.39, 0.29) is 0 Å². The van der Waals surface area contributed by atoms with Crippen molar-refractivity contribution in [2.45, 2.75) is 34.1 Å². The minimum absolute atomic E-state index is 0.595. The average Bonchev–Trinajstić information content (AvgIpc) is 2.60. The Morgan fingerprint density at radius 3 is 2.09 bits per heavy atom. The van der Waals surface area contributed by atoms with Gasteiger partial charge in [0.1, 0.15) is 5.15 Å². The van der Waals surface area contributed by atoms with Gasteiger partial charge in [0.25, 0.3) is 0 Å².